The van der Waals surface area contributed by atoms with Crippen LogP contribution in [0.1, 0.15) is 50.8 Å². The molecule has 0 unspecified atom stereocenters. The van der Waals surface area contributed by atoms with E-state index in [4.69, 9.17) is 0 Å². The first-order chi connectivity index (χ1) is 6.59. The quantitative estimate of drug-likeness (QED) is 0.608. The summed E-state index contributed by atoms with van der Waals surface area (Å²) in [6.45, 7) is 7.00. The second-order valence-corrected chi connectivity index (χ2v) is 5.35. The molecule has 0 bridgehead atoms. The van der Waals surface area contributed by atoms with Crippen molar-refractivity contribution in [2.24, 2.45) is 5.41 Å². The molecule has 1 nitrogen and oxygen atoms in total. The molecule has 76 valence electrons. The fraction of sp³-hybridized carbons (Fsp3) is 0.615. The SMILES string of the molecule is CC(C)(C)[C@H]1CCCc2ncccc21. The zero-order valence-electron chi connectivity index (χ0n) is 9.38. The summed E-state index contributed by atoms with van der Waals surface area (Å²) in [4.78, 5) is 4.48. The van der Waals surface area contributed by atoms with Crippen LogP contribution in [0.5, 0.6) is 0 Å². The summed E-state index contributed by atoms with van der Waals surface area (Å²) >= 11 is 0. The molecular weight excluding hydrogens is 170 g/mol. The standard InChI is InChI=1S/C13H19N/c1-13(2,3)11-7-4-8-12-10(11)6-5-9-14-12/h5-6,9,11H,4,7-8H2,1-3H3/t11-/m0/s1. The van der Waals surface area contributed by atoms with Crippen molar-refractivity contribution in [1.29, 1.82) is 0 Å². The van der Waals surface area contributed by atoms with Gasteiger partial charge in [0.2, 0.25) is 0 Å². The minimum absolute atomic E-state index is 0.373. The summed E-state index contributed by atoms with van der Waals surface area (Å²) in [5.74, 6) is 0.694. The number of nitrogens with zero attached hydrogens (tertiary/aromatic N) is 1. The van der Waals surface area contributed by atoms with E-state index in [1.165, 1.54) is 30.5 Å². The number of rotatable bonds is 0. The molecule has 1 aliphatic carbocycles. The molecule has 2 rings (SSSR count). The zero-order valence-corrected chi connectivity index (χ0v) is 9.38. The number of fused-ring (bicyclic) bond motifs is 1. The topological polar surface area (TPSA) is 12.9 Å². The molecule has 0 radical (unpaired) electrons. The van der Waals surface area contributed by atoms with Gasteiger partial charge in [-0.15, -0.1) is 0 Å². The summed E-state index contributed by atoms with van der Waals surface area (Å²) in [6, 6.07) is 4.33. The molecule has 0 aliphatic heterocycles. The van der Waals surface area contributed by atoms with Crippen LogP contribution < -0.4 is 0 Å². The maximum Gasteiger partial charge on any atom is 0.0438 e. The lowest BCUT2D eigenvalue weighted by Crippen LogP contribution is -2.23. The third kappa shape index (κ3) is 1.68. The van der Waals surface area contributed by atoms with Crippen LogP contribution in [0.3, 0.4) is 0 Å². The van der Waals surface area contributed by atoms with Crippen LogP contribution in [0.15, 0.2) is 18.3 Å². The zero-order chi connectivity index (χ0) is 10.2. The Labute approximate surface area is 86.6 Å². The van der Waals surface area contributed by atoms with E-state index in [0.717, 1.165) is 0 Å². The summed E-state index contributed by atoms with van der Waals surface area (Å²) < 4.78 is 0. The molecule has 0 N–H and O–H groups in total. The van der Waals surface area contributed by atoms with Crippen LogP contribution in [0, 0.1) is 5.41 Å². The van der Waals surface area contributed by atoms with Crippen LogP contribution in [-0.4, -0.2) is 4.98 Å². The highest BCUT2D eigenvalue weighted by Crippen LogP contribution is 2.42. The molecule has 0 amide bonds. The normalized spacial score (nSPS) is 21.8. The summed E-state index contributed by atoms with van der Waals surface area (Å²) in [6.07, 6.45) is 5.71. The van der Waals surface area contributed by atoms with E-state index < -0.39 is 0 Å². The first-order valence-corrected chi connectivity index (χ1v) is 5.53. The number of aromatic nitrogens is 1. The van der Waals surface area contributed by atoms with Crippen molar-refractivity contribution in [3.63, 3.8) is 0 Å². The Morgan fingerprint density at radius 2 is 2.14 bits per heavy atom. The van der Waals surface area contributed by atoms with E-state index in [2.05, 4.69) is 37.9 Å². The average Bonchev–Trinajstić information content (AvgIpc) is 2.15. The predicted octanol–water partition coefficient (Wildman–Crippen LogP) is 3.55. The van der Waals surface area contributed by atoms with Crippen molar-refractivity contribution in [2.45, 2.75) is 46.0 Å². The van der Waals surface area contributed by atoms with Gasteiger partial charge in [-0.05, 0) is 42.2 Å². The van der Waals surface area contributed by atoms with Gasteiger partial charge in [0, 0.05) is 11.9 Å². The maximum absolute atomic E-state index is 4.48. The first-order valence-electron chi connectivity index (χ1n) is 5.53. The molecule has 1 aromatic heterocycles. The van der Waals surface area contributed by atoms with Gasteiger partial charge in [0.1, 0.15) is 0 Å². The molecule has 1 aromatic rings. The molecule has 1 heterocycles. The Balaban J connectivity index is 2.41. The van der Waals surface area contributed by atoms with E-state index in [0.29, 0.717) is 11.3 Å². The van der Waals surface area contributed by atoms with Gasteiger partial charge < -0.3 is 0 Å². The van der Waals surface area contributed by atoms with Crippen molar-refractivity contribution < 1.29 is 0 Å². The third-order valence-electron chi connectivity index (χ3n) is 3.25. The highest BCUT2D eigenvalue weighted by Gasteiger charge is 2.30. The second kappa shape index (κ2) is 3.38. The minimum atomic E-state index is 0.373. The fourth-order valence-corrected chi connectivity index (χ4v) is 2.51. The molecular formula is C13H19N. The summed E-state index contributed by atoms with van der Waals surface area (Å²) in [5, 5.41) is 0. The molecule has 0 spiro atoms. The van der Waals surface area contributed by atoms with Crippen molar-refractivity contribution in [2.75, 3.05) is 0 Å². The molecule has 1 atom stereocenters. The number of aryl methyl sites for hydroxylation is 1. The maximum atomic E-state index is 4.48. The third-order valence-corrected chi connectivity index (χ3v) is 3.25. The molecule has 0 saturated heterocycles. The van der Waals surface area contributed by atoms with Gasteiger partial charge in [0.25, 0.3) is 0 Å². The van der Waals surface area contributed by atoms with E-state index in [1.807, 2.05) is 6.20 Å². The van der Waals surface area contributed by atoms with E-state index in [-0.39, 0.29) is 0 Å². The van der Waals surface area contributed by atoms with Crippen LogP contribution in [-0.2, 0) is 6.42 Å². The van der Waals surface area contributed by atoms with Crippen LogP contribution >= 0.6 is 0 Å². The number of hydrogen-bond acceptors (Lipinski definition) is 1. The lowest BCUT2D eigenvalue weighted by molar-refractivity contribution is 0.288. The Morgan fingerprint density at radius 1 is 1.36 bits per heavy atom. The van der Waals surface area contributed by atoms with Crippen LogP contribution in [0.4, 0.5) is 0 Å². The van der Waals surface area contributed by atoms with Crippen molar-refractivity contribution in [1.82, 2.24) is 4.98 Å². The van der Waals surface area contributed by atoms with E-state index in [1.54, 1.807) is 0 Å². The van der Waals surface area contributed by atoms with Crippen LogP contribution in [0.2, 0.25) is 0 Å². The van der Waals surface area contributed by atoms with Crippen molar-refractivity contribution in [3.05, 3.63) is 29.6 Å². The summed E-state index contributed by atoms with van der Waals surface area (Å²) in [7, 11) is 0. The van der Waals surface area contributed by atoms with E-state index >= 15 is 0 Å². The first kappa shape index (κ1) is 9.70. The van der Waals surface area contributed by atoms with Crippen LogP contribution in [0.25, 0.3) is 0 Å². The van der Waals surface area contributed by atoms with Crippen molar-refractivity contribution in [3.8, 4) is 0 Å². The molecule has 0 fully saturated rings. The predicted molar refractivity (Wildman–Crippen MR) is 59.4 cm³/mol. The Kier molecular flexibility index (Phi) is 2.34. The van der Waals surface area contributed by atoms with Gasteiger partial charge in [-0.2, -0.15) is 0 Å². The lowest BCUT2D eigenvalue weighted by Gasteiger charge is -2.35. The highest BCUT2D eigenvalue weighted by molar-refractivity contribution is 5.28. The second-order valence-electron chi connectivity index (χ2n) is 5.35. The molecule has 1 heteroatoms. The molecule has 0 aromatic carbocycles. The van der Waals surface area contributed by atoms with Gasteiger partial charge in [0.05, 0.1) is 0 Å². The average molecular weight is 189 g/mol. The van der Waals surface area contributed by atoms with Gasteiger partial charge in [-0.3, -0.25) is 4.98 Å². The molecule has 0 saturated carbocycles. The van der Waals surface area contributed by atoms with Gasteiger partial charge >= 0.3 is 0 Å². The Hall–Kier alpha value is -0.850. The molecule has 1 aliphatic rings. The number of pyridine rings is 1. The summed E-state index contributed by atoms with van der Waals surface area (Å²) in [5.41, 5.74) is 3.20. The lowest BCUT2D eigenvalue weighted by atomic mass is 9.70. The molecule has 14 heavy (non-hydrogen) atoms. The minimum Gasteiger partial charge on any atom is -0.261 e. The monoisotopic (exact) mass is 189 g/mol. The largest absolute Gasteiger partial charge is 0.261 e. The Morgan fingerprint density at radius 3 is 2.86 bits per heavy atom. The Bertz CT molecular complexity index is 322. The fourth-order valence-electron chi connectivity index (χ4n) is 2.51. The van der Waals surface area contributed by atoms with Gasteiger partial charge in [-0.25, -0.2) is 0 Å². The van der Waals surface area contributed by atoms with E-state index in [9.17, 15) is 0 Å². The van der Waals surface area contributed by atoms with Gasteiger partial charge in [0.15, 0.2) is 0 Å². The number of hydrogen-bond donors (Lipinski definition) is 0. The smallest absolute Gasteiger partial charge is 0.0438 e. The van der Waals surface area contributed by atoms with Gasteiger partial charge in [-0.1, -0.05) is 26.8 Å². The highest BCUT2D eigenvalue weighted by atomic mass is 14.7. The van der Waals surface area contributed by atoms with Crippen molar-refractivity contribution >= 4 is 0 Å².